The van der Waals surface area contributed by atoms with E-state index in [9.17, 15) is 29.9 Å². The van der Waals surface area contributed by atoms with Gasteiger partial charge in [-0.2, -0.15) is 5.26 Å². The molecular weight excluding hydrogens is 506 g/mol. The lowest BCUT2D eigenvalue weighted by Gasteiger charge is -2.68. The summed E-state index contributed by atoms with van der Waals surface area (Å²) in [6.07, 6.45) is 4.78. The fourth-order valence-electron chi connectivity index (χ4n) is 9.93. The molecule has 0 aliphatic heterocycles. The van der Waals surface area contributed by atoms with Crippen molar-refractivity contribution in [2.75, 3.05) is 7.11 Å². The first kappa shape index (κ1) is 30.5. The third-order valence-corrected chi connectivity index (χ3v) is 12.6. The molecule has 2 unspecified atom stereocenters. The predicted octanol–water partition coefficient (Wildman–Crippen LogP) is 5.87. The van der Waals surface area contributed by atoms with Gasteiger partial charge in [0.2, 0.25) is 0 Å². The first-order chi connectivity index (χ1) is 18.3. The minimum absolute atomic E-state index is 0.0108. The average molecular weight is 554 g/mol. The molecule has 3 fully saturated rings. The van der Waals surface area contributed by atoms with Crippen LogP contribution in [0.5, 0.6) is 0 Å². The lowest BCUT2D eigenvalue weighted by molar-refractivity contribution is -0.191. The van der Waals surface area contributed by atoms with E-state index in [1.165, 1.54) is 7.11 Å². The van der Waals surface area contributed by atoms with E-state index in [1.807, 2.05) is 6.92 Å². The zero-order chi connectivity index (χ0) is 30.3. The highest BCUT2D eigenvalue weighted by atomic mass is 16.5. The Morgan fingerprint density at radius 2 is 1.73 bits per heavy atom. The average Bonchev–Trinajstić information content (AvgIpc) is 2.88. The SMILES string of the molecule is C=C(O)[C@]1(C)C2=CC(=O)C3C4CC(C)(C)CC[C@]4(C(=O)OC)CC[C@@]3(C)[C@]2(C)CC[C@H]1C(C)(C)C(=O)[C@@H](O)C#N. The van der Waals surface area contributed by atoms with Crippen molar-refractivity contribution in [1.82, 2.24) is 0 Å². The lowest BCUT2D eigenvalue weighted by Crippen LogP contribution is -2.65. The molecule has 3 saturated carbocycles. The molecule has 4 rings (SSSR count). The summed E-state index contributed by atoms with van der Waals surface area (Å²) in [5.74, 6) is -2.02. The monoisotopic (exact) mass is 553 g/mol. The number of hydrogen-bond acceptors (Lipinski definition) is 7. The van der Waals surface area contributed by atoms with Crippen LogP contribution in [0.25, 0.3) is 0 Å². The summed E-state index contributed by atoms with van der Waals surface area (Å²) in [6, 6.07) is 1.65. The molecule has 4 aliphatic rings. The lowest BCUT2D eigenvalue weighted by atomic mass is 9.34. The largest absolute Gasteiger partial charge is 0.512 e. The first-order valence-corrected chi connectivity index (χ1v) is 14.7. The van der Waals surface area contributed by atoms with Crippen LogP contribution in [0.3, 0.4) is 0 Å². The number of hydrogen-bond donors (Lipinski definition) is 2. The molecular formula is C33H47NO6. The number of rotatable bonds is 5. The van der Waals surface area contributed by atoms with Crippen LogP contribution in [0.2, 0.25) is 0 Å². The molecule has 0 saturated heterocycles. The molecule has 2 N–H and O–H groups in total. The molecule has 0 heterocycles. The van der Waals surface area contributed by atoms with Crippen molar-refractivity contribution in [3.8, 4) is 6.07 Å². The minimum atomic E-state index is -1.78. The first-order valence-electron chi connectivity index (χ1n) is 14.7. The van der Waals surface area contributed by atoms with E-state index in [2.05, 4.69) is 34.3 Å². The Morgan fingerprint density at radius 3 is 2.27 bits per heavy atom. The molecule has 220 valence electrons. The van der Waals surface area contributed by atoms with E-state index in [1.54, 1.807) is 26.0 Å². The Labute approximate surface area is 239 Å². The Kier molecular flexibility index (Phi) is 7.07. The fourth-order valence-corrected chi connectivity index (χ4v) is 9.93. The maximum absolute atomic E-state index is 14.4. The number of allylic oxidation sites excluding steroid dienone is 2. The molecule has 7 nitrogen and oxygen atoms in total. The topological polar surface area (TPSA) is 125 Å². The van der Waals surface area contributed by atoms with Gasteiger partial charge >= 0.3 is 5.97 Å². The number of fused-ring (bicyclic) bond motifs is 5. The normalized spacial score (nSPS) is 41.2. The van der Waals surface area contributed by atoms with Crippen molar-refractivity contribution in [1.29, 1.82) is 5.26 Å². The summed E-state index contributed by atoms with van der Waals surface area (Å²) in [6.45, 7) is 18.0. The van der Waals surface area contributed by atoms with Crippen molar-refractivity contribution >= 4 is 17.5 Å². The minimum Gasteiger partial charge on any atom is -0.512 e. The third kappa shape index (κ3) is 3.81. The van der Waals surface area contributed by atoms with Gasteiger partial charge in [-0.3, -0.25) is 14.4 Å². The summed E-state index contributed by atoms with van der Waals surface area (Å²) in [4.78, 5) is 41.1. The molecule has 0 radical (unpaired) electrons. The van der Waals surface area contributed by atoms with Gasteiger partial charge in [-0.25, -0.2) is 0 Å². The van der Waals surface area contributed by atoms with E-state index in [-0.39, 0.29) is 34.8 Å². The standard InChI is InChI=1S/C33H47NO6/c1-19(35)32(8)23(29(4,5)26(38)22(37)18-34)10-11-30(6)24(32)16-21(36)25-20-17-28(2,3)12-14-33(20,27(39)40-9)15-13-31(25,30)7/h16,20,22-23,25,35,37H,1,10-15,17H2,2-9H3/t20?,22-,23-,25?,30+,31+,32-,33-/m0/s1. The summed E-state index contributed by atoms with van der Waals surface area (Å²) >= 11 is 0. The van der Waals surface area contributed by atoms with Gasteiger partial charge in [-0.05, 0) is 91.6 Å². The van der Waals surface area contributed by atoms with E-state index in [0.29, 0.717) is 32.1 Å². The van der Waals surface area contributed by atoms with Gasteiger partial charge in [0, 0.05) is 16.7 Å². The predicted molar refractivity (Wildman–Crippen MR) is 151 cm³/mol. The molecule has 0 amide bonds. The molecule has 0 aromatic heterocycles. The molecule has 40 heavy (non-hydrogen) atoms. The van der Waals surface area contributed by atoms with Crippen LogP contribution in [0, 0.1) is 61.6 Å². The molecule has 7 heteroatoms. The van der Waals surface area contributed by atoms with Gasteiger partial charge in [0.1, 0.15) is 6.07 Å². The van der Waals surface area contributed by atoms with Gasteiger partial charge in [0.15, 0.2) is 17.7 Å². The highest BCUT2D eigenvalue weighted by Crippen LogP contribution is 2.74. The maximum atomic E-state index is 14.4. The van der Waals surface area contributed by atoms with Crippen LogP contribution in [0.1, 0.15) is 93.4 Å². The molecule has 0 bridgehead atoms. The number of aliphatic hydroxyl groups excluding tert-OH is 2. The molecule has 0 spiro atoms. The Balaban J connectivity index is 1.90. The maximum Gasteiger partial charge on any atom is 0.312 e. The van der Waals surface area contributed by atoms with Crippen molar-refractivity contribution in [3.63, 3.8) is 0 Å². The van der Waals surface area contributed by atoms with Crippen LogP contribution < -0.4 is 0 Å². The highest BCUT2D eigenvalue weighted by molar-refractivity contribution is 5.96. The summed E-state index contributed by atoms with van der Waals surface area (Å²) in [5, 5.41) is 30.6. The summed E-state index contributed by atoms with van der Waals surface area (Å²) < 4.78 is 5.38. The van der Waals surface area contributed by atoms with E-state index in [0.717, 1.165) is 18.4 Å². The number of ether oxygens (including phenoxy) is 1. The quantitative estimate of drug-likeness (QED) is 0.248. The van der Waals surface area contributed by atoms with Crippen molar-refractivity contribution in [3.05, 3.63) is 24.0 Å². The second-order valence-corrected chi connectivity index (χ2v) is 15.2. The van der Waals surface area contributed by atoms with Crippen molar-refractivity contribution < 1.29 is 29.3 Å². The number of aliphatic hydroxyl groups is 2. The second-order valence-electron chi connectivity index (χ2n) is 15.2. The number of carbonyl (C=O) groups excluding carboxylic acids is 3. The molecule has 0 aromatic rings. The van der Waals surface area contributed by atoms with E-state index >= 15 is 0 Å². The Bertz CT molecular complexity index is 1220. The van der Waals surface area contributed by atoms with Crippen molar-refractivity contribution in [2.45, 2.75) is 99.5 Å². The molecule has 8 atom stereocenters. The number of nitrogens with zero attached hydrogens (tertiary/aromatic N) is 1. The summed E-state index contributed by atoms with van der Waals surface area (Å²) in [5.41, 5.74) is -3.24. The van der Waals surface area contributed by atoms with Crippen LogP contribution in [-0.2, 0) is 19.1 Å². The zero-order valence-electron chi connectivity index (χ0n) is 25.5. The van der Waals surface area contributed by atoms with Gasteiger partial charge in [-0.1, -0.05) is 48.1 Å². The van der Waals surface area contributed by atoms with Crippen LogP contribution in [0.15, 0.2) is 24.0 Å². The van der Waals surface area contributed by atoms with Gasteiger partial charge in [-0.15, -0.1) is 0 Å². The number of methoxy groups -OCH3 is 1. The zero-order valence-corrected chi connectivity index (χ0v) is 25.5. The Hall–Kier alpha value is -2.46. The molecule has 4 aliphatic carbocycles. The second kappa shape index (κ2) is 9.28. The number of esters is 1. The number of carbonyl (C=O) groups is 3. The van der Waals surface area contributed by atoms with Crippen LogP contribution >= 0.6 is 0 Å². The van der Waals surface area contributed by atoms with Crippen molar-refractivity contribution in [2.24, 2.45) is 50.2 Å². The van der Waals surface area contributed by atoms with Gasteiger partial charge in [0.25, 0.3) is 0 Å². The van der Waals surface area contributed by atoms with Gasteiger partial charge < -0.3 is 14.9 Å². The summed E-state index contributed by atoms with van der Waals surface area (Å²) in [7, 11) is 1.44. The number of nitriles is 1. The number of ketones is 2. The number of Topliss-reactive ketones (excluding diaryl/α,β-unsaturated/α-hetero) is 1. The van der Waals surface area contributed by atoms with Crippen LogP contribution in [-0.4, -0.2) is 41.0 Å². The van der Waals surface area contributed by atoms with E-state index in [4.69, 9.17) is 4.74 Å². The smallest absolute Gasteiger partial charge is 0.312 e. The van der Waals surface area contributed by atoms with E-state index < -0.39 is 44.9 Å². The third-order valence-electron chi connectivity index (χ3n) is 12.6. The van der Waals surface area contributed by atoms with Crippen LogP contribution in [0.4, 0.5) is 0 Å². The Morgan fingerprint density at radius 1 is 1.12 bits per heavy atom. The highest BCUT2D eigenvalue weighted by Gasteiger charge is 2.71. The van der Waals surface area contributed by atoms with Gasteiger partial charge in [0.05, 0.1) is 18.3 Å². The fraction of sp³-hybridized carbons (Fsp3) is 0.758. The molecule has 0 aromatic carbocycles.